The Bertz CT molecular complexity index is 584. The molecule has 1 unspecified atom stereocenters. The fourth-order valence-electron chi connectivity index (χ4n) is 1.96. The first-order valence-electron chi connectivity index (χ1n) is 6.44. The molecule has 0 amide bonds. The summed E-state index contributed by atoms with van der Waals surface area (Å²) in [6, 6.07) is 11.7. The Morgan fingerprint density at radius 1 is 1.10 bits per heavy atom. The second-order valence-electron chi connectivity index (χ2n) is 4.88. The van der Waals surface area contributed by atoms with Crippen molar-refractivity contribution in [3.8, 4) is 5.75 Å². The van der Waals surface area contributed by atoms with Crippen molar-refractivity contribution in [2.45, 2.75) is 26.0 Å². The molecular formula is C16H17BrFNO. The van der Waals surface area contributed by atoms with Gasteiger partial charge in [-0.2, -0.15) is 0 Å². The van der Waals surface area contributed by atoms with Crippen molar-refractivity contribution in [3.63, 3.8) is 0 Å². The molecule has 0 radical (unpaired) electrons. The number of hydrogen-bond donors (Lipinski definition) is 1. The minimum absolute atomic E-state index is 0.122. The van der Waals surface area contributed by atoms with Gasteiger partial charge < -0.3 is 10.5 Å². The number of benzene rings is 2. The Labute approximate surface area is 126 Å². The molecule has 0 heterocycles. The third kappa shape index (κ3) is 3.58. The summed E-state index contributed by atoms with van der Waals surface area (Å²) in [7, 11) is 0. The molecule has 2 nitrogen and oxygen atoms in total. The molecule has 0 spiro atoms. The van der Waals surface area contributed by atoms with Crippen molar-refractivity contribution in [3.05, 3.63) is 63.9 Å². The first-order valence-corrected chi connectivity index (χ1v) is 7.24. The number of halogens is 2. The molecule has 20 heavy (non-hydrogen) atoms. The molecular weight excluding hydrogens is 321 g/mol. The van der Waals surface area contributed by atoms with Crippen molar-refractivity contribution in [1.82, 2.24) is 0 Å². The standard InChI is InChI=1S/C16H17BrFNO/c1-10(2)20-13-6-3-11(4-7-13)16(19)14-9-12(17)5-8-15(14)18/h3-10,16H,19H2,1-2H3. The molecule has 1 atom stereocenters. The SMILES string of the molecule is CC(C)Oc1ccc(C(N)c2cc(Br)ccc2F)cc1. The Morgan fingerprint density at radius 2 is 1.75 bits per heavy atom. The Morgan fingerprint density at radius 3 is 2.35 bits per heavy atom. The highest BCUT2D eigenvalue weighted by Crippen LogP contribution is 2.26. The van der Waals surface area contributed by atoms with Crippen molar-refractivity contribution in [2.24, 2.45) is 5.73 Å². The lowest BCUT2D eigenvalue weighted by Crippen LogP contribution is -2.14. The monoisotopic (exact) mass is 337 g/mol. The number of ether oxygens (including phenoxy) is 1. The van der Waals surface area contributed by atoms with Crippen molar-refractivity contribution >= 4 is 15.9 Å². The third-order valence-electron chi connectivity index (χ3n) is 2.90. The van der Waals surface area contributed by atoms with Crippen LogP contribution in [0.1, 0.15) is 31.0 Å². The molecule has 0 aromatic heterocycles. The van der Waals surface area contributed by atoms with Gasteiger partial charge in [0.05, 0.1) is 12.1 Å². The molecule has 4 heteroatoms. The van der Waals surface area contributed by atoms with Crippen LogP contribution in [0.3, 0.4) is 0 Å². The molecule has 2 aromatic rings. The molecule has 2 N–H and O–H groups in total. The van der Waals surface area contributed by atoms with E-state index in [2.05, 4.69) is 15.9 Å². The fourth-order valence-corrected chi connectivity index (χ4v) is 2.34. The molecule has 0 saturated carbocycles. The molecule has 0 aliphatic heterocycles. The first-order chi connectivity index (χ1) is 9.47. The molecule has 106 valence electrons. The summed E-state index contributed by atoms with van der Waals surface area (Å²) >= 11 is 3.33. The predicted octanol–water partition coefficient (Wildman–Crippen LogP) is 4.42. The Kier molecular flexibility index (Phi) is 4.78. The lowest BCUT2D eigenvalue weighted by Gasteiger charge is -2.15. The van der Waals surface area contributed by atoms with Gasteiger partial charge in [0, 0.05) is 10.0 Å². The average Bonchev–Trinajstić information content (AvgIpc) is 2.41. The van der Waals surface area contributed by atoms with E-state index < -0.39 is 6.04 Å². The van der Waals surface area contributed by atoms with E-state index in [9.17, 15) is 4.39 Å². The number of nitrogens with two attached hydrogens (primary N) is 1. The highest BCUT2D eigenvalue weighted by Gasteiger charge is 2.14. The molecule has 2 aromatic carbocycles. The van der Waals surface area contributed by atoms with Crippen LogP contribution in [0.15, 0.2) is 46.9 Å². The summed E-state index contributed by atoms with van der Waals surface area (Å²) in [5.74, 6) is 0.480. The number of rotatable bonds is 4. The Balaban J connectivity index is 2.24. The maximum Gasteiger partial charge on any atom is 0.128 e. The predicted molar refractivity (Wildman–Crippen MR) is 82.3 cm³/mol. The van der Waals surface area contributed by atoms with E-state index in [1.165, 1.54) is 6.07 Å². The lowest BCUT2D eigenvalue weighted by molar-refractivity contribution is 0.242. The van der Waals surface area contributed by atoms with E-state index in [4.69, 9.17) is 10.5 Å². The van der Waals surface area contributed by atoms with Crippen LogP contribution in [-0.4, -0.2) is 6.10 Å². The quantitative estimate of drug-likeness (QED) is 0.895. The minimum Gasteiger partial charge on any atom is -0.491 e. The zero-order valence-electron chi connectivity index (χ0n) is 11.4. The first kappa shape index (κ1) is 15.0. The highest BCUT2D eigenvalue weighted by atomic mass is 79.9. The zero-order chi connectivity index (χ0) is 14.7. The van der Waals surface area contributed by atoms with E-state index in [1.807, 2.05) is 38.1 Å². The molecule has 0 bridgehead atoms. The van der Waals surface area contributed by atoms with Gasteiger partial charge in [0.15, 0.2) is 0 Å². The van der Waals surface area contributed by atoms with Gasteiger partial charge in [-0.3, -0.25) is 0 Å². The topological polar surface area (TPSA) is 35.2 Å². The van der Waals surface area contributed by atoms with Gasteiger partial charge in [-0.15, -0.1) is 0 Å². The van der Waals surface area contributed by atoms with Crippen LogP contribution in [0.2, 0.25) is 0 Å². The molecule has 2 rings (SSSR count). The summed E-state index contributed by atoms with van der Waals surface area (Å²) in [5.41, 5.74) is 7.45. The van der Waals surface area contributed by atoms with E-state index >= 15 is 0 Å². The molecule has 0 saturated heterocycles. The van der Waals surface area contributed by atoms with Crippen LogP contribution in [0.4, 0.5) is 4.39 Å². The van der Waals surface area contributed by atoms with Crippen LogP contribution in [-0.2, 0) is 0 Å². The van der Waals surface area contributed by atoms with Crippen molar-refractivity contribution < 1.29 is 9.13 Å². The minimum atomic E-state index is -0.499. The van der Waals surface area contributed by atoms with Gasteiger partial charge in [-0.25, -0.2) is 4.39 Å². The van der Waals surface area contributed by atoms with Crippen molar-refractivity contribution in [2.75, 3.05) is 0 Å². The third-order valence-corrected chi connectivity index (χ3v) is 3.40. The summed E-state index contributed by atoms with van der Waals surface area (Å²) in [6.07, 6.45) is 0.122. The van der Waals surface area contributed by atoms with Crippen molar-refractivity contribution in [1.29, 1.82) is 0 Å². The number of hydrogen-bond acceptors (Lipinski definition) is 2. The van der Waals surface area contributed by atoms with Gasteiger partial charge in [-0.05, 0) is 49.7 Å². The smallest absolute Gasteiger partial charge is 0.128 e. The molecule has 0 fully saturated rings. The van der Waals surface area contributed by atoms with Crippen LogP contribution >= 0.6 is 15.9 Å². The summed E-state index contributed by atoms with van der Waals surface area (Å²) in [5, 5.41) is 0. The summed E-state index contributed by atoms with van der Waals surface area (Å²) in [6.45, 7) is 3.94. The summed E-state index contributed by atoms with van der Waals surface area (Å²) < 4.78 is 20.2. The van der Waals surface area contributed by atoms with E-state index in [0.717, 1.165) is 15.8 Å². The van der Waals surface area contributed by atoms with Crippen LogP contribution in [0, 0.1) is 5.82 Å². The fraction of sp³-hybridized carbons (Fsp3) is 0.250. The largest absolute Gasteiger partial charge is 0.491 e. The normalized spacial score (nSPS) is 12.5. The van der Waals surface area contributed by atoms with Gasteiger partial charge in [0.2, 0.25) is 0 Å². The Hall–Kier alpha value is -1.39. The van der Waals surface area contributed by atoms with E-state index in [-0.39, 0.29) is 11.9 Å². The zero-order valence-corrected chi connectivity index (χ0v) is 13.0. The summed E-state index contributed by atoms with van der Waals surface area (Å²) in [4.78, 5) is 0. The van der Waals surface area contributed by atoms with Gasteiger partial charge in [0.25, 0.3) is 0 Å². The van der Waals surface area contributed by atoms with Gasteiger partial charge >= 0.3 is 0 Å². The second-order valence-corrected chi connectivity index (χ2v) is 5.79. The second kappa shape index (κ2) is 6.37. The van der Waals surface area contributed by atoms with Gasteiger partial charge in [0.1, 0.15) is 11.6 Å². The van der Waals surface area contributed by atoms with E-state index in [0.29, 0.717) is 5.56 Å². The van der Waals surface area contributed by atoms with Crippen LogP contribution in [0.5, 0.6) is 5.75 Å². The maximum absolute atomic E-state index is 13.8. The molecule has 0 aliphatic carbocycles. The maximum atomic E-state index is 13.8. The van der Waals surface area contributed by atoms with E-state index in [1.54, 1.807) is 12.1 Å². The highest BCUT2D eigenvalue weighted by molar-refractivity contribution is 9.10. The van der Waals surface area contributed by atoms with Crippen LogP contribution < -0.4 is 10.5 Å². The molecule has 0 aliphatic rings. The average molecular weight is 338 g/mol. The lowest BCUT2D eigenvalue weighted by atomic mass is 9.99. The van der Waals surface area contributed by atoms with Gasteiger partial charge in [-0.1, -0.05) is 28.1 Å². The van der Waals surface area contributed by atoms with Crippen LogP contribution in [0.25, 0.3) is 0 Å².